The molecular formula is C28H25BrN2O3. The van der Waals surface area contributed by atoms with E-state index in [1.807, 2.05) is 91.9 Å². The van der Waals surface area contributed by atoms with Gasteiger partial charge >= 0.3 is 0 Å². The van der Waals surface area contributed by atoms with E-state index in [4.69, 9.17) is 9.47 Å². The Labute approximate surface area is 207 Å². The van der Waals surface area contributed by atoms with Crippen LogP contribution in [0.5, 0.6) is 11.5 Å². The first-order chi connectivity index (χ1) is 16.6. The van der Waals surface area contributed by atoms with Crippen LogP contribution in [-0.2, 0) is 17.8 Å². The molecule has 6 heteroatoms. The summed E-state index contributed by atoms with van der Waals surface area (Å²) in [6.45, 7) is 2.84. The third kappa shape index (κ3) is 6.02. The molecule has 0 fully saturated rings. The average Bonchev–Trinajstić information content (AvgIpc) is 2.85. The minimum absolute atomic E-state index is 0.181. The molecule has 4 rings (SSSR count). The summed E-state index contributed by atoms with van der Waals surface area (Å²) in [5, 5.41) is 6.32. The summed E-state index contributed by atoms with van der Waals surface area (Å²) in [6, 6.07) is 27.7. The molecule has 0 aliphatic rings. The molecule has 172 valence electrons. The molecule has 1 N–H and O–H groups in total. The van der Waals surface area contributed by atoms with E-state index in [0.29, 0.717) is 24.7 Å². The van der Waals surface area contributed by atoms with Crippen LogP contribution in [0.1, 0.15) is 23.6 Å². The monoisotopic (exact) mass is 516 g/mol. The van der Waals surface area contributed by atoms with Gasteiger partial charge in [-0.3, -0.25) is 4.79 Å². The molecule has 0 saturated carbocycles. The van der Waals surface area contributed by atoms with Crippen molar-refractivity contribution < 1.29 is 14.3 Å². The number of halogens is 1. The number of hydrogen-bond acceptors (Lipinski definition) is 4. The Hall–Kier alpha value is -3.64. The lowest BCUT2D eigenvalue weighted by molar-refractivity contribution is -0.120. The number of nitrogens with zero attached hydrogens (tertiary/aromatic N) is 1. The van der Waals surface area contributed by atoms with Crippen molar-refractivity contribution in [3.63, 3.8) is 0 Å². The Morgan fingerprint density at radius 2 is 1.74 bits per heavy atom. The van der Waals surface area contributed by atoms with Crippen LogP contribution in [0.2, 0.25) is 0 Å². The predicted octanol–water partition coefficient (Wildman–Crippen LogP) is 6.27. The lowest BCUT2D eigenvalue weighted by atomic mass is 10.0. The Morgan fingerprint density at radius 1 is 0.971 bits per heavy atom. The topological polar surface area (TPSA) is 59.9 Å². The van der Waals surface area contributed by atoms with Crippen molar-refractivity contribution in [3.8, 4) is 11.5 Å². The highest BCUT2D eigenvalue weighted by atomic mass is 79.9. The Kier molecular flexibility index (Phi) is 7.94. The molecule has 0 atom stereocenters. The van der Waals surface area contributed by atoms with Gasteiger partial charge in [-0.05, 0) is 62.4 Å². The van der Waals surface area contributed by atoms with Crippen molar-refractivity contribution >= 4 is 38.8 Å². The van der Waals surface area contributed by atoms with Crippen molar-refractivity contribution in [2.24, 2.45) is 5.10 Å². The Balaban J connectivity index is 1.43. The first-order valence-electron chi connectivity index (χ1n) is 11.1. The van der Waals surface area contributed by atoms with Crippen molar-refractivity contribution in [1.29, 1.82) is 0 Å². The number of nitrogens with one attached hydrogen (secondary N) is 1. The number of amides is 1. The maximum absolute atomic E-state index is 12.5. The Morgan fingerprint density at radius 3 is 2.56 bits per heavy atom. The van der Waals surface area contributed by atoms with E-state index in [0.717, 1.165) is 31.9 Å². The van der Waals surface area contributed by atoms with Crippen molar-refractivity contribution in [2.75, 3.05) is 6.61 Å². The van der Waals surface area contributed by atoms with Crippen LogP contribution in [0.4, 0.5) is 0 Å². The fourth-order valence-corrected chi connectivity index (χ4v) is 4.21. The molecule has 0 unspecified atom stereocenters. The molecule has 0 aromatic heterocycles. The van der Waals surface area contributed by atoms with Gasteiger partial charge in [0, 0.05) is 0 Å². The van der Waals surface area contributed by atoms with Gasteiger partial charge in [-0.15, -0.1) is 0 Å². The normalized spacial score (nSPS) is 11.0. The lowest BCUT2D eigenvalue weighted by Gasteiger charge is -2.14. The zero-order chi connectivity index (χ0) is 23.8. The zero-order valence-corrected chi connectivity index (χ0v) is 20.4. The van der Waals surface area contributed by atoms with Gasteiger partial charge in [0.25, 0.3) is 0 Å². The molecule has 34 heavy (non-hydrogen) atoms. The van der Waals surface area contributed by atoms with E-state index >= 15 is 0 Å². The smallest absolute Gasteiger partial charge is 0.244 e. The van der Waals surface area contributed by atoms with Gasteiger partial charge in [-0.25, -0.2) is 5.43 Å². The summed E-state index contributed by atoms with van der Waals surface area (Å²) < 4.78 is 12.6. The molecule has 4 aromatic carbocycles. The van der Waals surface area contributed by atoms with Crippen LogP contribution in [0.3, 0.4) is 0 Å². The lowest BCUT2D eigenvalue weighted by Crippen LogP contribution is -2.19. The summed E-state index contributed by atoms with van der Waals surface area (Å²) in [5.41, 5.74) is 5.42. The molecule has 0 bridgehead atoms. The van der Waals surface area contributed by atoms with E-state index < -0.39 is 0 Å². The number of carbonyl (C=O) groups excluding carboxylic acids is 1. The van der Waals surface area contributed by atoms with Gasteiger partial charge in [-0.2, -0.15) is 5.10 Å². The van der Waals surface area contributed by atoms with Crippen molar-refractivity contribution in [1.82, 2.24) is 5.43 Å². The molecule has 1 amide bonds. The van der Waals surface area contributed by atoms with Gasteiger partial charge in [0.2, 0.25) is 5.91 Å². The summed E-state index contributed by atoms with van der Waals surface area (Å²) >= 11 is 3.58. The van der Waals surface area contributed by atoms with Crippen LogP contribution in [0, 0.1) is 0 Å². The van der Waals surface area contributed by atoms with Crippen LogP contribution >= 0.6 is 15.9 Å². The van der Waals surface area contributed by atoms with Crippen LogP contribution in [0.15, 0.2) is 94.5 Å². The second-order valence-electron chi connectivity index (χ2n) is 7.65. The predicted molar refractivity (Wildman–Crippen MR) is 139 cm³/mol. The van der Waals surface area contributed by atoms with Gasteiger partial charge in [0.15, 0.2) is 11.5 Å². The molecule has 0 saturated heterocycles. The van der Waals surface area contributed by atoms with Gasteiger partial charge < -0.3 is 9.47 Å². The largest absolute Gasteiger partial charge is 0.490 e. The number of hydrogen-bond donors (Lipinski definition) is 1. The first kappa shape index (κ1) is 23.5. The highest BCUT2D eigenvalue weighted by molar-refractivity contribution is 9.10. The van der Waals surface area contributed by atoms with Gasteiger partial charge in [-0.1, -0.05) is 72.8 Å². The molecule has 0 aliphatic heterocycles. The minimum atomic E-state index is -0.181. The highest BCUT2D eigenvalue weighted by Gasteiger charge is 2.12. The molecule has 5 nitrogen and oxygen atoms in total. The third-order valence-electron chi connectivity index (χ3n) is 5.19. The van der Waals surface area contributed by atoms with Gasteiger partial charge in [0.1, 0.15) is 6.61 Å². The minimum Gasteiger partial charge on any atom is -0.490 e. The first-order valence-corrected chi connectivity index (χ1v) is 11.8. The second-order valence-corrected chi connectivity index (χ2v) is 8.50. The summed E-state index contributed by atoms with van der Waals surface area (Å²) in [4.78, 5) is 12.5. The number of fused-ring (bicyclic) bond motifs is 1. The maximum atomic E-state index is 12.5. The summed E-state index contributed by atoms with van der Waals surface area (Å²) in [5.74, 6) is 1.05. The molecule has 0 heterocycles. The summed E-state index contributed by atoms with van der Waals surface area (Å²) in [7, 11) is 0. The number of ether oxygens (including phenoxy) is 2. The maximum Gasteiger partial charge on any atom is 0.244 e. The highest BCUT2D eigenvalue weighted by Crippen LogP contribution is 2.37. The molecule has 0 aliphatic carbocycles. The fraction of sp³-hybridized carbons (Fsp3) is 0.143. The van der Waals surface area contributed by atoms with Crippen molar-refractivity contribution in [3.05, 3.63) is 106 Å². The number of benzene rings is 4. The van der Waals surface area contributed by atoms with Crippen molar-refractivity contribution in [2.45, 2.75) is 20.0 Å². The fourth-order valence-electron chi connectivity index (χ4n) is 3.63. The second kappa shape index (κ2) is 11.5. The molecular weight excluding hydrogens is 492 g/mol. The molecule has 0 radical (unpaired) electrons. The Bertz CT molecular complexity index is 1300. The quantitative estimate of drug-likeness (QED) is 0.210. The number of hydrazone groups is 1. The number of rotatable bonds is 9. The van der Waals surface area contributed by atoms with Crippen LogP contribution in [-0.4, -0.2) is 18.7 Å². The third-order valence-corrected chi connectivity index (χ3v) is 5.78. The molecule has 0 spiro atoms. The van der Waals surface area contributed by atoms with Gasteiger partial charge in [0.05, 0.1) is 23.7 Å². The molecule has 4 aromatic rings. The zero-order valence-electron chi connectivity index (χ0n) is 18.8. The van der Waals surface area contributed by atoms with Crippen LogP contribution in [0.25, 0.3) is 10.8 Å². The number of carbonyl (C=O) groups is 1. The average molecular weight is 517 g/mol. The summed E-state index contributed by atoms with van der Waals surface area (Å²) in [6.07, 6.45) is 1.84. The van der Waals surface area contributed by atoms with E-state index in [1.165, 1.54) is 0 Å². The standard InChI is InChI=1S/C28H25BrN2O3/c1-2-33-26-16-21(15-25(29)28(26)34-19-20-9-4-3-5-10-20)18-30-31-27(32)17-23-13-8-12-22-11-6-7-14-24(22)23/h3-16,18H,2,17,19H2,1H3,(H,31,32)/b30-18-. The van der Waals surface area contributed by atoms with E-state index in [9.17, 15) is 4.79 Å². The van der Waals surface area contributed by atoms with Crippen LogP contribution < -0.4 is 14.9 Å². The van der Waals surface area contributed by atoms with E-state index in [-0.39, 0.29) is 12.3 Å². The van der Waals surface area contributed by atoms with E-state index in [1.54, 1.807) is 6.21 Å². The SMILES string of the molecule is CCOc1cc(/C=N\NC(=O)Cc2cccc3ccccc23)cc(Br)c1OCc1ccccc1. The van der Waals surface area contributed by atoms with E-state index in [2.05, 4.69) is 26.5 Å².